The molecule has 4 rings (SSSR count). The van der Waals surface area contributed by atoms with Gasteiger partial charge in [-0.05, 0) is 65.6 Å². The average molecular weight is 648 g/mol. The van der Waals surface area contributed by atoms with E-state index in [1.165, 1.54) is 4.90 Å². The maximum Gasteiger partial charge on any atom is 0.244 e. The van der Waals surface area contributed by atoms with Gasteiger partial charge in [-0.3, -0.25) is 13.9 Å². The van der Waals surface area contributed by atoms with E-state index >= 15 is 0 Å². The molecule has 0 spiro atoms. The van der Waals surface area contributed by atoms with Crippen molar-refractivity contribution in [1.29, 1.82) is 0 Å². The molecule has 1 atom stereocenters. The summed E-state index contributed by atoms with van der Waals surface area (Å²) >= 11 is 6.12. The van der Waals surface area contributed by atoms with Crippen molar-refractivity contribution in [2.45, 2.75) is 32.9 Å². The van der Waals surface area contributed by atoms with E-state index in [1.807, 2.05) is 74.5 Å². The van der Waals surface area contributed by atoms with E-state index in [0.717, 1.165) is 21.7 Å². The number of carbonyl (C=O) groups excluding carboxylic acids is 2. The minimum absolute atomic E-state index is 0.0735. The maximum atomic E-state index is 14.2. The molecule has 0 aliphatic rings. The molecule has 0 aliphatic carbocycles. The number of carbonyl (C=O) groups is 2. The number of amides is 2. The van der Waals surface area contributed by atoms with Gasteiger partial charge in [0.25, 0.3) is 0 Å². The van der Waals surface area contributed by atoms with Crippen LogP contribution in [-0.2, 0) is 32.6 Å². The van der Waals surface area contributed by atoms with Crippen LogP contribution in [-0.4, -0.2) is 50.5 Å². The number of para-hydroxylation sites is 1. The minimum Gasteiger partial charge on any atom is -0.457 e. The fraction of sp³-hybridized carbons (Fsp3) is 0.257. The SMILES string of the molecule is CC(C)CNC(=O)[C@@H](Cc1ccccc1)N(Cc1ccc(Cl)cc1)C(=O)CN(c1ccc(Oc2ccccc2)cc1)S(C)(=O)=O. The van der Waals surface area contributed by atoms with Gasteiger partial charge in [-0.25, -0.2) is 8.42 Å². The number of halogens is 1. The quantitative estimate of drug-likeness (QED) is 0.173. The third kappa shape index (κ3) is 10.1. The standard InChI is InChI=1S/C35H38ClN3O5S/c1-26(2)23-37-35(41)33(22-27-10-6-4-7-11-27)38(24-28-14-16-29(36)17-15-28)34(40)25-39(45(3,42)43)30-18-20-32(21-19-30)44-31-12-8-5-9-13-31/h4-21,26,33H,22-25H2,1-3H3,(H,37,41)/t33-/m1/s1. The molecule has 8 nitrogen and oxygen atoms in total. The van der Waals surface area contributed by atoms with Crippen LogP contribution in [0.5, 0.6) is 11.5 Å². The van der Waals surface area contributed by atoms with Crippen molar-refractivity contribution in [2.75, 3.05) is 23.7 Å². The van der Waals surface area contributed by atoms with Gasteiger partial charge in [-0.15, -0.1) is 0 Å². The second-order valence-corrected chi connectivity index (χ2v) is 13.5. The summed E-state index contributed by atoms with van der Waals surface area (Å²) in [5, 5.41) is 3.51. The molecule has 10 heteroatoms. The number of anilines is 1. The molecule has 4 aromatic carbocycles. The van der Waals surface area contributed by atoms with Crippen molar-refractivity contribution in [3.63, 3.8) is 0 Å². The van der Waals surface area contributed by atoms with E-state index in [2.05, 4.69) is 5.32 Å². The zero-order chi connectivity index (χ0) is 32.4. The van der Waals surface area contributed by atoms with Crippen LogP contribution in [0, 0.1) is 5.92 Å². The molecule has 0 bridgehead atoms. The summed E-state index contributed by atoms with van der Waals surface area (Å²) in [6.45, 7) is 3.98. The van der Waals surface area contributed by atoms with Gasteiger partial charge < -0.3 is 15.0 Å². The number of nitrogens with one attached hydrogen (secondary N) is 1. The number of hydrogen-bond acceptors (Lipinski definition) is 5. The molecule has 0 heterocycles. The highest BCUT2D eigenvalue weighted by atomic mass is 35.5. The third-order valence-corrected chi connectivity index (χ3v) is 8.40. The highest BCUT2D eigenvalue weighted by molar-refractivity contribution is 7.92. The van der Waals surface area contributed by atoms with Crippen molar-refractivity contribution in [2.24, 2.45) is 5.92 Å². The lowest BCUT2D eigenvalue weighted by molar-refractivity contribution is -0.140. The highest BCUT2D eigenvalue weighted by Gasteiger charge is 2.33. The first-order valence-corrected chi connectivity index (χ1v) is 16.9. The molecular formula is C35H38ClN3O5S. The number of benzene rings is 4. The summed E-state index contributed by atoms with van der Waals surface area (Å²) in [6, 6.07) is 31.2. The topological polar surface area (TPSA) is 96.0 Å². The predicted molar refractivity (Wildman–Crippen MR) is 179 cm³/mol. The van der Waals surface area contributed by atoms with Crippen molar-refractivity contribution in [1.82, 2.24) is 10.2 Å². The number of ether oxygens (including phenoxy) is 1. The summed E-state index contributed by atoms with van der Waals surface area (Å²) in [4.78, 5) is 29.4. The zero-order valence-electron chi connectivity index (χ0n) is 25.6. The second-order valence-electron chi connectivity index (χ2n) is 11.2. The van der Waals surface area contributed by atoms with E-state index < -0.39 is 28.5 Å². The molecule has 4 aromatic rings. The van der Waals surface area contributed by atoms with Crippen LogP contribution in [0.2, 0.25) is 5.02 Å². The summed E-state index contributed by atoms with van der Waals surface area (Å²) in [6.07, 6.45) is 1.30. The fourth-order valence-corrected chi connectivity index (χ4v) is 5.66. The fourth-order valence-electron chi connectivity index (χ4n) is 4.68. The maximum absolute atomic E-state index is 14.2. The number of sulfonamides is 1. The molecular weight excluding hydrogens is 610 g/mol. The van der Waals surface area contributed by atoms with E-state index in [4.69, 9.17) is 16.3 Å². The van der Waals surface area contributed by atoms with Gasteiger partial charge in [0.1, 0.15) is 24.1 Å². The smallest absolute Gasteiger partial charge is 0.244 e. The van der Waals surface area contributed by atoms with Crippen LogP contribution >= 0.6 is 11.6 Å². The van der Waals surface area contributed by atoms with Crippen LogP contribution in [0.1, 0.15) is 25.0 Å². The molecule has 0 unspecified atom stereocenters. The zero-order valence-corrected chi connectivity index (χ0v) is 27.2. The van der Waals surface area contributed by atoms with Gasteiger partial charge in [-0.1, -0.05) is 86.1 Å². The van der Waals surface area contributed by atoms with Gasteiger partial charge in [0.2, 0.25) is 21.8 Å². The molecule has 1 N–H and O–H groups in total. The van der Waals surface area contributed by atoms with Gasteiger partial charge in [0.05, 0.1) is 11.9 Å². The van der Waals surface area contributed by atoms with Crippen LogP contribution < -0.4 is 14.4 Å². The minimum atomic E-state index is -3.90. The first-order valence-electron chi connectivity index (χ1n) is 14.7. The molecule has 45 heavy (non-hydrogen) atoms. The van der Waals surface area contributed by atoms with Crippen LogP contribution in [0.25, 0.3) is 0 Å². The number of rotatable bonds is 14. The average Bonchev–Trinajstić information content (AvgIpc) is 3.02. The molecule has 0 saturated carbocycles. The molecule has 0 radical (unpaired) electrons. The Kier molecular flexibility index (Phi) is 11.6. The van der Waals surface area contributed by atoms with Crippen molar-refractivity contribution < 1.29 is 22.7 Å². The van der Waals surface area contributed by atoms with E-state index in [1.54, 1.807) is 48.5 Å². The predicted octanol–water partition coefficient (Wildman–Crippen LogP) is 6.31. The van der Waals surface area contributed by atoms with Gasteiger partial charge in [0.15, 0.2) is 0 Å². The van der Waals surface area contributed by atoms with Crippen molar-refractivity contribution in [3.8, 4) is 11.5 Å². The largest absolute Gasteiger partial charge is 0.457 e. The second kappa shape index (κ2) is 15.6. The lowest BCUT2D eigenvalue weighted by Gasteiger charge is -2.33. The van der Waals surface area contributed by atoms with Gasteiger partial charge in [0, 0.05) is 24.5 Å². The number of hydrogen-bond donors (Lipinski definition) is 1. The number of nitrogens with zero attached hydrogens (tertiary/aromatic N) is 2. The Morgan fingerprint density at radius 1 is 0.800 bits per heavy atom. The highest BCUT2D eigenvalue weighted by Crippen LogP contribution is 2.26. The monoisotopic (exact) mass is 647 g/mol. The lowest BCUT2D eigenvalue weighted by Crippen LogP contribution is -2.53. The van der Waals surface area contributed by atoms with Gasteiger partial charge in [-0.2, -0.15) is 0 Å². The lowest BCUT2D eigenvalue weighted by atomic mass is 10.0. The van der Waals surface area contributed by atoms with E-state index in [9.17, 15) is 18.0 Å². The van der Waals surface area contributed by atoms with E-state index in [-0.39, 0.29) is 24.8 Å². The summed E-state index contributed by atoms with van der Waals surface area (Å²) < 4.78 is 33.0. The summed E-state index contributed by atoms with van der Waals surface area (Å²) in [7, 11) is -3.90. The summed E-state index contributed by atoms with van der Waals surface area (Å²) in [5.41, 5.74) is 1.91. The normalized spacial score (nSPS) is 11.9. The Hall–Kier alpha value is -4.34. The molecule has 0 saturated heterocycles. The van der Waals surface area contributed by atoms with E-state index in [0.29, 0.717) is 28.8 Å². The first kappa shape index (κ1) is 33.6. The molecule has 2 amide bonds. The molecule has 0 aliphatic heterocycles. The first-order chi connectivity index (χ1) is 21.5. The van der Waals surface area contributed by atoms with Crippen molar-refractivity contribution >= 4 is 39.1 Å². The Bertz CT molecular complexity index is 1650. The Balaban J connectivity index is 1.67. The molecule has 0 aromatic heterocycles. The summed E-state index contributed by atoms with van der Waals surface area (Å²) in [5.74, 6) is 0.502. The third-order valence-electron chi connectivity index (χ3n) is 7.00. The van der Waals surface area contributed by atoms with Crippen LogP contribution in [0.15, 0.2) is 109 Å². The van der Waals surface area contributed by atoms with Crippen LogP contribution in [0.4, 0.5) is 5.69 Å². The molecule has 0 fully saturated rings. The Morgan fingerprint density at radius 2 is 1.38 bits per heavy atom. The Morgan fingerprint density at radius 3 is 1.96 bits per heavy atom. The van der Waals surface area contributed by atoms with Crippen molar-refractivity contribution in [3.05, 3.63) is 125 Å². The van der Waals surface area contributed by atoms with Gasteiger partial charge >= 0.3 is 0 Å². The Labute approximate surface area is 270 Å². The van der Waals surface area contributed by atoms with Crippen LogP contribution in [0.3, 0.4) is 0 Å². The molecule has 236 valence electrons.